The second-order valence-electron chi connectivity index (χ2n) is 17.4. The number of cyclic esters (lactones) is 1. The SMILES string of the molecule is CCCN(CCC)C1CC(C)O[C@@H](O[C@@H]2[C@@H](C)[C@H](O[C@H]3CC(C)(OC)[C@@H](O)C(C)O3)[C@@H](C)C(=O)O[C@@H]([C@](C)(O)[C@@H](O)CC)[C@@H](C)C3=C(C)C[C@@]2(C)O3)C1O. The Hall–Kier alpha value is -1.39. The van der Waals surface area contributed by atoms with Crippen molar-refractivity contribution in [3.05, 3.63) is 11.3 Å². The van der Waals surface area contributed by atoms with Gasteiger partial charge in [-0.2, -0.15) is 0 Å². The number of carbonyl (C=O) groups excluding carboxylic acids is 1. The Bertz CT molecular complexity index is 1270. The fourth-order valence-corrected chi connectivity index (χ4v) is 9.59. The van der Waals surface area contributed by atoms with E-state index in [1.165, 1.54) is 14.0 Å². The van der Waals surface area contributed by atoms with Crippen molar-refractivity contribution in [1.82, 2.24) is 4.90 Å². The molecule has 13 nitrogen and oxygen atoms in total. The number of ether oxygens (including phenoxy) is 7. The third kappa shape index (κ3) is 9.16. The second-order valence-corrected chi connectivity index (χ2v) is 17.4. The molecule has 3 fully saturated rings. The summed E-state index contributed by atoms with van der Waals surface area (Å²) in [4.78, 5) is 16.7. The predicted octanol–water partition coefficient (Wildman–Crippen LogP) is 4.45. The zero-order valence-corrected chi connectivity index (χ0v) is 35.2. The third-order valence-electron chi connectivity index (χ3n) is 12.8. The Morgan fingerprint density at radius 1 is 1.00 bits per heavy atom. The maximum Gasteiger partial charge on any atom is 0.311 e. The molecule has 0 spiro atoms. The largest absolute Gasteiger partial charge is 0.488 e. The summed E-state index contributed by atoms with van der Waals surface area (Å²) < 4.78 is 45.4. The average Bonchev–Trinajstić information content (AvgIpc) is 3.43. The standard InChI is InChI=1S/C41H73NO12/c1-14-17-42(18-15-2)28-19-23(5)49-38(31(28)44)53-35-25(7)33(51-30-21-39(10,48-13)34(45)27(9)50-30)26(8)37(46)52-36(41(12,47)29(43)16-3)24(6)32-22(4)20-40(35,11)54-32/h23-31,33-36,38,43-45,47H,14-21H2,1-13H3/t23?,24-,25-,26+,27?,28?,29-,30-,31?,33-,34-,35+,36+,38-,39?,40+,41+/m0/s1. The normalized spacial score (nSPS) is 44.0. The van der Waals surface area contributed by atoms with E-state index in [2.05, 4.69) is 18.7 Å². The van der Waals surface area contributed by atoms with Crippen molar-refractivity contribution in [3.63, 3.8) is 0 Å². The van der Waals surface area contributed by atoms with Crippen LogP contribution < -0.4 is 0 Å². The van der Waals surface area contributed by atoms with Crippen LogP contribution in [0.1, 0.15) is 122 Å². The van der Waals surface area contributed by atoms with Gasteiger partial charge in [0.15, 0.2) is 12.6 Å². The first-order chi connectivity index (χ1) is 25.2. The Morgan fingerprint density at radius 3 is 2.20 bits per heavy atom. The van der Waals surface area contributed by atoms with E-state index in [-0.39, 0.29) is 25.0 Å². The fourth-order valence-electron chi connectivity index (χ4n) is 9.59. The first kappa shape index (κ1) is 45.3. The Labute approximate surface area is 324 Å². The molecular formula is C41H73NO12. The molecule has 4 rings (SSSR count). The van der Waals surface area contributed by atoms with Crippen LogP contribution in [0, 0.1) is 17.8 Å². The van der Waals surface area contributed by atoms with Gasteiger partial charge in [-0.25, -0.2) is 0 Å². The highest BCUT2D eigenvalue weighted by Crippen LogP contribution is 2.48. The molecule has 5 unspecified atom stereocenters. The molecule has 2 bridgehead atoms. The highest BCUT2D eigenvalue weighted by molar-refractivity contribution is 5.73. The molecule has 0 amide bonds. The molecule has 4 N–H and O–H groups in total. The molecule has 13 heteroatoms. The minimum absolute atomic E-state index is 0.176. The minimum atomic E-state index is -1.82. The second kappa shape index (κ2) is 18.0. The smallest absolute Gasteiger partial charge is 0.311 e. The molecule has 4 aliphatic rings. The molecule has 0 aliphatic carbocycles. The summed E-state index contributed by atoms with van der Waals surface area (Å²) in [6, 6.07) is -0.186. The lowest BCUT2D eigenvalue weighted by atomic mass is 9.78. The summed E-state index contributed by atoms with van der Waals surface area (Å²) in [6.07, 6.45) is -5.31. The topological polar surface area (TPSA) is 166 Å². The molecule has 54 heavy (non-hydrogen) atoms. The van der Waals surface area contributed by atoms with Crippen LogP contribution in [0.5, 0.6) is 0 Å². The Morgan fingerprint density at radius 2 is 1.63 bits per heavy atom. The van der Waals surface area contributed by atoms with E-state index >= 15 is 0 Å². The van der Waals surface area contributed by atoms with E-state index in [4.69, 9.17) is 33.2 Å². The lowest BCUT2D eigenvalue weighted by molar-refractivity contribution is -0.317. The van der Waals surface area contributed by atoms with Gasteiger partial charge in [0.25, 0.3) is 0 Å². The Balaban J connectivity index is 1.83. The van der Waals surface area contributed by atoms with Gasteiger partial charge in [0.2, 0.25) is 0 Å². The van der Waals surface area contributed by atoms with Gasteiger partial charge >= 0.3 is 5.97 Å². The lowest BCUT2D eigenvalue weighted by Gasteiger charge is -2.49. The summed E-state index contributed by atoms with van der Waals surface area (Å²) in [5.41, 5.74) is -2.95. The lowest BCUT2D eigenvalue weighted by Crippen LogP contribution is -2.61. The number of methoxy groups -OCH3 is 1. The maximum atomic E-state index is 14.4. The molecule has 4 heterocycles. The summed E-state index contributed by atoms with van der Waals surface area (Å²) in [6.45, 7) is 24.1. The van der Waals surface area contributed by atoms with E-state index in [0.29, 0.717) is 18.6 Å². The van der Waals surface area contributed by atoms with Gasteiger partial charge in [-0.15, -0.1) is 0 Å². The highest BCUT2D eigenvalue weighted by atomic mass is 16.7. The number of hydrogen-bond donors (Lipinski definition) is 4. The van der Waals surface area contributed by atoms with Crippen LogP contribution in [0.4, 0.5) is 0 Å². The van der Waals surface area contributed by atoms with Crippen molar-refractivity contribution >= 4 is 5.97 Å². The van der Waals surface area contributed by atoms with Crippen LogP contribution in [0.15, 0.2) is 11.3 Å². The fraction of sp³-hybridized carbons (Fsp3) is 0.927. The molecule has 0 radical (unpaired) electrons. The molecule has 314 valence electrons. The molecule has 3 saturated heterocycles. The van der Waals surface area contributed by atoms with E-state index in [1.54, 1.807) is 27.7 Å². The number of aliphatic hydroxyl groups is 4. The van der Waals surface area contributed by atoms with Crippen LogP contribution in [-0.2, 0) is 38.0 Å². The molecule has 0 aromatic rings. The zero-order valence-electron chi connectivity index (χ0n) is 35.2. The number of hydrogen-bond acceptors (Lipinski definition) is 13. The third-order valence-corrected chi connectivity index (χ3v) is 12.8. The Kier molecular flexibility index (Phi) is 15.1. The van der Waals surface area contributed by atoms with Crippen LogP contribution >= 0.6 is 0 Å². The van der Waals surface area contributed by atoms with Crippen molar-refractivity contribution < 1.29 is 58.4 Å². The first-order valence-electron chi connectivity index (χ1n) is 20.5. The van der Waals surface area contributed by atoms with Crippen molar-refractivity contribution in [1.29, 1.82) is 0 Å². The van der Waals surface area contributed by atoms with Gasteiger partial charge in [0.05, 0.1) is 41.9 Å². The van der Waals surface area contributed by atoms with Crippen molar-refractivity contribution in [3.8, 4) is 0 Å². The monoisotopic (exact) mass is 772 g/mol. The van der Waals surface area contributed by atoms with Crippen molar-refractivity contribution in [2.75, 3.05) is 20.2 Å². The number of aliphatic hydroxyl groups excluding tert-OH is 3. The van der Waals surface area contributed by atoms with Gasteiger partial charge in [-0.3, -0.25) is 9.69 Å². The summed E-state index contributed by atoms with van der Waals surface area (Å²) in [5, 5.41) is 45.8. The van der Waals surface area contributed by atoms with E-state index in [0.717, 1.165) is 31.5 Å². The number of nitrogens with zero attached hydrogens (tertiary/aromatic N) is 1. The minimum Gasteiger partial charge on any atom is -0.488 e. The predicted molar refractivity (Wildman–Crippen MR) is 202 cm³/mol. The number of esters is 1. The summed E-state index contributed by atoms with van der Waals surface area (Å²) in [7, 11) is 1.53. The van der Waals surface area contributed by atoms with Gasteiger partial charge in [0.1, 0.15) is 41.4 Å². The number of carbonyl (C=O) groups is 1. The number of fused-ring (bicyclic) bond motifs is 2. The molecule has 0 aromatic carbocycles. The molecule has 0 saturated carbocycles. The number of rotatable bonds is 13. The van der Waals surface area contributed by atoms with Crippen LogP contribution in [0.25, 0.3) is 0 Å². The summed E-state index contributed by atoms with van der Waals surface area (Å²) >= 11 is 0. The van der Waals surface area contributed by atoms with E-state index in [1.807, 2.05) is 34.6 Å². The molecule has 17 atom stereocenters. The molecule has 0 aromatic heterocycles. The van der Waals surface area contributed by atoms with Gasteiger partial charge < -0.3 is 53.6 Å². The van der Waals surface area contributed by atoms with Crippen LogP contribution in [0.2, 0.25) is 0 Å². The van der Waals surface area contributed by atoms with Crippen molar-refractivity contribution in [2.45, 2.75) is 206 Å². The first-order valence-corrected chi connectivity index (χ1v) is 20.5. The van der Waals surface area contributed by atoms with Crippen LogP contribution in [0.3, 0.4) is 0 Å². The van der Waals surface area contributed by atoms with Gasteiger partial charge in [-0.05, 0) is 92.8 Å². The van der Waals surface area contributed by atoms with E-state index < -0.39 is 95.8 Å². The average molecular weight is 772 g/mol. The molecule has 4 aliphatic heterocycles. The summed E-state index contributed by atoms with van der Waals surface area (Å²) in [5.74, 6) is -2.25. The highest BCUT2D eigenvalue weighted by Gasteiger charge is 2.57. The van der Waals surface area contributed by atoms with Gasteiger partial charge in [-0.1, -0.05) is 34.6 Å². The van der Waals surface area contributed by atoms with Gasteiger partial charge in [0, 0.05) is 31.9 Å². The molecular weight excluding hydrogens is 698 g/mol. The zero-order chi connectivity index (χ0) is 40.5. The maximum absolute atomic E-state index is 14.4. The van der Waals surface area contributed by atoms with E-state index in [9.17, 15) is 25.2 Å². The quantitative estimate of drug-likeness (QED) is 0.194. The van der Waals surface area contributed by atoms with Crippen molar-refractivity contribution in [2.24, 2.45) is 17.8 Å². The van der Waals surface area contributed by atoms with Crippen LogP contribution in [-0.4, -0.2) is 136 Å².